The van der Waals surface area contributed by atoms with Crippen molar-refractivity contribution >= 4 is 44.0 Å². The van der Waals surface area contributed by atoms with Crippen molar-refractivity contribution in [2.24, 2.45) is 5.92 Å². The molecule has 0 bridgehead atoms. The molecule has 0 aliphatic carbocycles. The van der Waals surface area contributed by atoms with Crippen LogP contribution in [-0.4, -0.2) is 33.2 Å². The molecule has 2 aromatic heterocycles. The molecule has 1 aliphatic rings. The number of rotatable bonds is 4. The fourth-order valence-electron chi connectivity index (χ4n) is 3.33. The first-order chi connectivity index (χ1) is 12.5. The summed E-state index contributed by atoms with van der Waals surface area (Å²) in [4.78, 5) is 22.6. The van der Waals surface area contributed by atoms with E-state index in [9.17, 15) is 4.79 Å². The lowest BCUT2D eigenvalue weighted by Crippen LogP contribution is -2.21. The lowest BCUT2D eigenvalue weighted by atomic mass is 10.1. The average molecular weight is 435 g/mol. The van der Waals surface area contributed by atoms with Crippen LogP contribution >= 0.6 is 27.5 Å². The summed E-state index contributed by atoms with van der Waals surface area (Å²) in [6, 6.07) is 7.94. The van der Waals surface area contributed by atoms with Gasteiger partial charge in [-0.15, -0.1) is 0 Å². The first-order valence-corrected chi connectivity index (χ1v) is 9.61. The van der Waals surface area contributed by atoms with Crippen LogP contribution < -0.4 is 0 Å². The normalized spacial score (nSPS) is 17.9. The first kappa shape index (κ1) is 17.6. The number of carbonyl (C=O) groups excluding carboxylic acids is 1. The van der Waals surface area contributed by atoms with Gasteiger partial charge in [-0.2, -0.15) is 0 Å². The molecule has 0 N–H and O–H groups in total. The molecule has 134 valence electrons. The van der Waals surface area contributed by atoms with Gasteiger partial charge in [-0.1, -0.05) is 22.0 Å². The summed E-state index contributed by atoms with van der Waals surface area (Å²) in [5, 5.41) is -0.244. The number of halogens is 2. The third-order valence-electron chi connectivity index (χ3n) is 4.80. The van der Waals surface area contributed by atoms with Crippen molar-refractivity contribution in [1.82, 2.24) is 14.9 Å². The lowest BCUT2D eigenvalue weighted by molar-refractivity contribution is -0.114. The van der Waals surface area contributed by atoms with E-state index in [1.54, 1.807) is 6.20 Å². The summed E-state index contributed by atoms with van der Waals surface area (Å²) in [6.45, 7) is 4.31. The van der Waals surface area contributed by atoms with Crippen LogP contribution in [0.15, 0.2) is 39.4 Å². The Hall–Kier alpha value is -1.76. The number of nitrogens with zero attached hydrogens (tertiary/aromatic N) is 3. The van der Waals surface area contributed by atoms with E-state index in [0.29, 0.717) is 18.1 Å². The van der Waals surface area contributed by atoms with Crippen LogP contribution in [0.1, 0.15) is 17.5 Å². The van der Waals surface area contributed by atoms with Crippen molar-refractivity contribution in [3.05, 3.63) is 46.1 Å². The smallest absolute Gasteiger partial charge is 0.247 e. The van der Waals surface area contributed by atoms with E-state index in [-0.39, 0.29) is 11.2 Å². The Morgan fingerprint density at radius 1 is 1.46 bits per heavy atom. The molecule has 3 aromatic rings. The van der Waals surface area contributed by atoms with Crippen molar-refractivity contribution in [2.45, 2.75) is 19.9 Å². The first-order valence-electron chi connectivity index (χ1n) is 8.44. The van der Waals surface area contributed by atoms with Gasteiger partial charge in [0.1, 0.15) is 5.52 Å². The second-order valence-electron chi connectivity index (χ2n) is 6.62. The van der Waals surface area contributed by atoms with E-state index in [1.807, 2.05) is 31.2 Å². The fourth-order valence-corrected chi connectivity index (χ4v) is 3.87. The van der Waals surface area contributed by atoms with Gasteiger partial charge in [0.2, 0.25) is 16.8 Å². The summed E-state index contributed by atoms with van der Waals surface area (Å²) >= 11 is 9.15. The number of hydrogen-bond donors (Lipinski definition) is 0. The minimum Gasteiger partial charge on any atom is -0.418 e. The van der Waals surface area contributed by atoms with E-state index < -0.39 is 0 Å². The van der Waals surface area contributed by atoms with E-state index >= 15 is 0 Å². The summed E-state index contributed by atoms with van der Waals surface area (Å²) in [5.74, 6) is 0.504. The highest BCUT2D eigenvalue weighted by Gasteiger charge is 2.27. The second kappa shape index (κ2) is 7.10. The number of carbonyl (C=O) groups is 1. The molecule has 26 heavy (non-hydrogen) atoms. The molecule has 0 radical (unpaired) electrons. The number of oxazole rings is 1. The largest absolute Gasteiger partial charge is 0.418 e. The predicted octanol–water partition coefficient (Wildman–Crippen LogP) is 4.55. The van der Waals surface area contributed by atoms with Crippen LogP contribution in [0.3, 0.4) is 0 Å². The number of aromatic nitrogens is 2. The summed E-state index contributed by atoms with van der Waals surface area (Å²) in [7, 11) is 0. The van der Waals surface area contributed by atoms with E-state index in [0.717, 1.165) is 46.2 Å². The van der Waals surface area contributed by atoms with Crippen molar-refractivity contribution < 1.29 is 9.21 Å². The van der Waals surface area contributed by atoms with Crippen LogP contribution in [0, 0.1) is 12.8 Å². The molecule has 0 spiro atoms. The molecule has 1 unspecified atom stereocenters. The van der Waals surface area contributed by atoms with E-state index in [2.05, 4.69) is 30.8 Å². The Bertz CT molecular complexity index is 988. The van der Waals surface area contributed by atoms with Gasteiger partial charge >= 0.3 is 0 Å². The van der Waals surface area contributed by atoms with Gasteiger partial charge < -0.3 is 4.42 Å². The number of likely N-dealkylation sites (tertiary alicyclic amines) is 1. The number of hydrogen-bond acceptors (Lipinski definition) is 5. The van der Waals surface area contributed by atoms with E-state index in [1.165, 1.54) is 0 Å². The molecular formula is C19H17BrClN3O2. The molecule has 1 fully saturated rings. The van der Waals surface area contributed by atoms with Crippen LogP contribution in [0.4, 0.5) is 0 Å². The van der Waals surface area contributed by atoms with Gasteiger partial charge in [-0.05, 0) is 60.8 Å². The van der Waals surface area contributed by atoms with Crippen LogP contribution in [-0.2, 0) is 11.3 Å². The van der Waals surface area contributed by atoms with Crippen molar-refractivity contribution in [2.75, 3.05) is 13.1 Å². The molecule has 0 amide bonds. The van der Waals surface area contributed by atoms with E-state index in [4.69, 9.17) is 16.0 Å². The molecule has 1 aromatic carbocycles. The highest BCUT2D eigenvalue weighted by atomic mass is 79.9. The van der Waals surface area contributed by atoms with Crippen LogP contribution in [0.25, 0.3) is 22.7 Å². The number of pyridine rings is 1. The molecule has 0 saturated carbocycles. The van der Waals surface area contributed by atoms with Crippen molar-refractivity contribution in [3.8, 4) is 11.5 Å². The highest BCUT2D eigenvalue weighted by Crippen LogP contribution is 2.30. The topological polar surface area (TPSA) is 59.2 Å². The highest BCUT2D eigenvalue weighted by molar-refractivity contribution is 9.10. The molecule has 1 saturated heterocycles. The SMILES string of the molecule is Cc1c(Br)cccc1-c1nc2cc(CN3CCC(C(=O)Cl)C3)cnc2o1. The fraction of sp³-hybridized carbons (Fsp3) is 0.316. The Labute approximate surface area is 164 Å². The monoisotopic (exact) mass is 433 g/mol. The quantitative estimate of drug-likeness (QED) is 0.564. The van der Waals surface area contributed by atoms with Gasteiger partial charge in [-0.3, -0.25) is 9.69 Å². The third-order valence-corrected chi connectivity index (χ3v) is 5.97. The maximum atomic E-state index is 11.3. The number of fused-ring (bicyclic) bond motifs is 1. The summed E-state index contributed by atoms with van der Waals surface area (Å²) < 4.78 is 6.86. The Balaban J connectivity index is 1.58. The molecule has 1 aliphatic heterocycles. The third kappa shape index (κ3) is 3.41. The standard InChI is InChI=1S/C19H17BrClN3O2/c1-11-14(3-2-4-15(11)20)18-23-16-7-12(8-22-19(16)26-18)9-24-6-5-13(10-24)17(21)25/h2-4,7-8,13H,5-6,9-10H2,1H3. The minimum atomic E-state index is -0.244. The average Bonchev–Trinajstić information content (AvgIpc) is 3.24. The Kier molecular flexibility index (Phi) is 4.82. The minimum absolute atomic E-state index is 0.0634. The second-order valence-corrected chi connectivity index (χ2v) is 7.85. The molecule has 7 heteroatoms. The van der Waals surface area contributed by atoms with Gasteiger partial charge in [0.05, 0.1) is 0 Å². The van der Waals surface area contributed by atoms with Gasteiger partial charge in [0, 0.05) is 35.2 Å². The van der Waals surface area contributed by atoms with Crippen molar-refractivity contribution in [3.63, 3.8) is 0 Å². The number of benzene rings is 1. The van der Waals surface area contributed by atoms with Crippen LogP contribution in [0.2, 0.25) is 0 Å². The predicted molar refractivity (Wildman–Crippen MR) is 104 cm³/mol. The van der Waals surface area contributed by atoms with Crippen LogP contribution in [0.5, 0.6) is 0 Å². The Morgan fingerprint density at radius 3 is 3.08 bits per heavy atom. The molecular weight excluding hydrogens is 418 g/mol. The maximum absolute atomic E-state index is 11.3. The van der Waals surface area contributed by atoms with Crippen molar-refractivity contribution in [1.29, 1.82) is 0 Å². The summed E-state index contributed by atoms with van der Waals surface area (Å²) in [6.07, 6.45) is 2.62. The van der Waals surface area contributed by atoms with Gasteiger partial charge in [-0.25, -0.2) is 9.97 Å². The zero-order chi connectivity index (χ0) is 18.3. The Morgan fingerprint density at radius 2 is 2.31 bits per heavy atom. The summed E-state index contributed by atoms with van der Waals surface area (Å²) in [5.41, 5.74) is 4.33. The van der Waals surface area contributed by atoms with Gasteiger partial charge in [0.15, 0.2) is 0 Å². The van der Waals surface area contributed by atoms with Gasteiger partial charge in [0.25, 0.3) is 0 Å². The lowest BCUT2D eigenvalue weighted by Gasteiger charge is -2.14. The zero-order valence-corrected chi connectivity index (χ0v) is 16.5. The molecule has 3 heterocycles. The molecule has 4 rings (SSSR count). The molecule has 5 nitrogen and oxygen atoms in total. The molecule has 1 atom stereocenters. The zero-order valence-electron chi connectivity index (χ0n) is 14.2. The maximum Gasteiger partial charge on any atom is 0.247 e.